The molecule has 3 rings (SSSR count). The van der Waals surface area contributed by atoms with E-state index in [9.17, 15) is 19.2 Å². The smallest absolute Gasteiger partial charge is 0.416 e. The Bertz CT molecular complexity index is 818. The molecule has 0 bridgehead atoms. The van der Waals surface area contributed by atoms with E-state index in [4.69, 9.17) is 18.9 Å². The molecule has 0 unspecified atom stereocenters. The molecule has 0 spiro atoms. The fourth-order valence-corrected chi connectivity index (χ4v) is 3.87. The number of amides is 2. The first-order valence-corrected chi connectivity index (χ1v) is 9.39. The Kier molecular flexibility index (Phi) is 5.76. The van der Waals surface area contributed by atoms with Crippen molar-refractivity contribution in [2.24, 2.45) is 11.3 Å². The third kappa shape index (κ3) is 3.30. The minimum Gasteiger partial charge on any atom is -0.497 e. The van der Waals surface area contributed by atoms with E-state index >= 15 is 0 Å². The average Bonchev–Trinajstić information content (AvgIpc) is 3.26. The lowest BCUT2D eigenvalue weighted by Gasteiger charge is -2.16. The van der Waals surface area contributed by atoms with E-state index in [-0.39, 0.29) is 26.4 Å². The summed E-state index contributed by atoms with van der Waals surface area (Å²) in [6.07, 6.45) is -0.798. The monoisotopic (exact) mass is 405 g/mol. The van der Waals surface area contributed by atoms with Crippen LogP contribution in [0.5, 0.6) is 5.75 Å². The Morgan fingerprint density at radius 1 is 1.17 bits per heavy atom. The fraction of sp³-hybridized carbons (Fsp3) is 0.500. The zero-order valence-corrected chi connectivity index (χ0v) is 16.5. The number of esters is 2. The van der Waals surface area contributed by atoms with Crippen LogP contribution in [0.2, 0.25) is 0 Å². The van der Waals surface area contributed by atoms with Gasteiger partial charge in [-0.25, -0.2) is 9.69 Å². The van der Waals surface area contributed by atoms with Crippen molar-refractivity contribution in [2.75, 3.05) is 33.5 Å². The predicted octanol–water partition coefficient (Wildman–Crippen LogP) is 1.50. The molecule has 2 amide bonds. The highest BCUT2D eigenvalue weighted by Gasteiger charge is 2.80. The second kappa shape index (κ2) is 8.10. The summed E-state index contributed by atoms with van der Waals surface area (Å²) in [5, 5.41) is 0. The van der Waals surface area contributed by atoms with Gasteiger partial charge in [0.25, 0.3) is 0 Å². The lowest BCUT2D eigenvalue weighted by atomic mass is 9.98. The second-order valence-corrected chi connectivity index (χ2v) is 6.65. The van der Waals surface area contributed by atoms with E-state index in [1.165, 1.54) is 7.11 Å². The van der Waals surface area contributed by atoms with E-state index in [1.807, 2.05) is 0 Å². The molecular formula is C20H23NO8. The van der Waals surface area contributed by atoms with E-state index < -0.39 is 41.2 Å². The van der Waals surface area contributed by atoms with Gasteiger partial charge >= 0.3 is 18.0 Å². The van der Waals surface area contributed by atoms with Crippen LogP contribution in [0.1, 0.15) is 25.3 Å². The lowest BCUT2D eigenvalue weighted by Crippen LogP contribution is -2.39. The molecule has 1 aromatic rings. The van der Waals surface area contributed by atoms with E-state index in [1.54, 1.807) is 38.1 Å². The van der Waals surface area contributed by atoms with Crippen molar-refractivity contribution in [3.63, 3.8) is 0 Å². The van der Waals surface area contributed by atoms with Crippen LogP contribution in [0.15, 0.2) is 24.3 Å². The number of hydrogen-bond donors (Lipinski definition) is 0. The Morgan fingerprint density at radius 2 is 1.83 bits per heavy atom. The molecule has 29 heavy (non-hydrogen) atoms. The molecule has 1 aromatic carbocycles. The maximum Gasteiger partial charge on any atom is 0.416 e. The molecule has 9 nitrogen and oxygen atoms in total. The standard InChI is InChI=1S/C20H23NO8/c1-4-27-17(23)20(18(24)28-5-2)14(12-7-6-8-13(11-12)26-3)15(20)16(22)21-9-10-29-19(21)25/h6-8,11,14-15H,4-5,9-10H2,1-3H3/t14-,15-/m1/s1. The van der Waals surface area contributed by atoms with Crippen LogP contribution in [-0.2, 0) is 28.6 Å². The number of imide groups is 1. The van der Waals surface area contributed by atoms with Crippen molar-refractivity contribution < 1.29 is 38.1 Å². The fourth-order valence-electron chi connectivity index (χ4n) is 3.87. The van der Waals surface area contributed by atoms with Gasteiger partial charge in [-0.15, -0.1) is 0 Å². The summed E-state index contributed by atoms with van der Waals surface area (Å²) in [7, 11) is 1.48. The quantitative estimate of drug-likeness (QED) is 0.381. The molecule has 1 saturated carbocycles. The minimum absolute atomic E-state index is 0.0253. The van der Waals surface area contributed by atoms with Crippen LogP contribution in [0.4, 0.5) is 4.79 Å². The summed E-state index contributed by atoms with van der Waals surface area (Å²) in [5.74, 6) is -3.85. The molecule has 156 valence electrons. The van der Waals surface area contributed by atoms with Crippen LogP contribution < -0.4 is 4.74 Å². The summed E-state index contributed by atoms with van der Waals surface area (Å²) in [6, 6.07) is 6.74. The molecule has 0 radical (unpaired) electrons. The first-order chi connectivity index (χ1) is 13.9. The van der Waals surface area contributed by atoms with Crippen LogP contribution in [0.3, 0.4) is 0 Å². The first-order valence-electron chi connectivity index (χ1n) is 9.39. The van der Waals surface area contributed by atoms with Crippen molar-refractivity contribution in [3.8, 4) is 5.75 Å². The molecule has 1 heterocycles. The number of carbonyl (C=O) groups excluding carboxylic acids is 4. The summed E-state index contributed by atoms with van der Waals surface area (Å²) in [4.78, 5) is 51.9. The largest absolute Gasteiger partial charge is 0.497 e. The third-order valence-corrected chi connectivity index (χ3v) is 5.18. The summed E-state index contributed by atoms with van der Waals surface area (Å²) in [5.41, 5.74) is -1.32. The van der Waals surface area contributed by atoms with Gasteiger partial charge < -0.3 is 18.9 Å². The average molecular weight is 405 g/mol. The molecule has 0 N–H and O–H groups in total. The Hall–Kier alpha value is -3.10. The van der Waals surface area contributed by atoms with E-state index in [0.717, 1.165) is 4.90 Å². The molecule has 2 atom stereocenters. The number of methoxy groups -OCH3 is 1. The number of rotatable bonds is 7. The maximum absolute atomic E-state index is 13.2. The number of carbonyl (C=O) groups is 4. The van der Waals surface area contributed by atoms with Crippen molar-refractivity contribution in [1.82, 2.24) is 4.90 Å². The van der Waals surface area contributed by atoms with Gasteiger partial charge in [0.1, 0.15) is 12.4 Å². The zero-order valence-electron chi connectivity index (χ0n) is 16.5. The Morgan fingerprint density at radius 3 is 2.34 bits per heavy atom. The van der Waals surface area contributed by atoms with Gasteiger partial charge in [0, 0.05) is 5.92 Å². The van der Waals surface area contributed by atoms with Crippen LogP contribution in [0.25, 0.3) is 0 Å². The van der Waals surface area contributed by atoms with Crippen molar-refractivity contribution in [1.29, 1.82) is 0 Å². The zero-order chi connectivity index (χ0) is 21.2. The molecule has 1 aliphatic carbocycles. The third-order valence-electron chi connectivity index (χ3n) is 5.18. The highest BCUT2D eigenvalue weighted by atomic mass is 16.6. The number of nitrogens with zero attached hydrogens (tertiary/aromatic N) is 1. The normalized spacial score (nSPS) is 21.9. The number of ether oxygens (including phenoxy) is 4. The van der Waals surface area contributed by atoms with Crippen LogP contribution >= 0.6 is 0 Å². The summed E-state index contributed by atoms with van der Waals surface area (Å²) < 4.78 is 20.4. The minimum atomic E-state index is -1.86. The number of cyclic esters (lactones) is 1. The van der Waals surface area contributed by atoms with E-state index in [2.05, 4.69) is 0 Å². The summed E-state index contributed by atoms with van der Waals surface area (Å²) in [6.45, 7) is 3.38. The van der Waals surface area contributed by atoms with Crippen molar-refractivity contribution in [2.45, 2.75) is 19.8 Å². The molecule has 2 aliphatic rings. The number of benzene rings is 1. The highest BCUT2D eigenvalue weighted by Crippen LogP contribution is 2.67. The van der Waals surface area contributed by atoms with Gasteiger partial charge in [0.15, 0.2) is 5.41 Å². The predicted molar refractivity (Wildman–Crippen MR) is 98.0 cm³/mol. The summed E-state index contributed by atoms with van der Waals surface area (Å²) >= 11 is 0. The lowest BCUT2D eigenvalue weighted by molar-refractivity contribution is -0.166. The van der Waals surface area contributed by atoms with Crippen molar-refractivity contribution in [3.05, 3.63) is 29.8 Å². The van der Waals surface area contributed by atoms with Crippen molar-refractivity contribution >= 4 is 23.9 Å². The van der Waals surface area contributed by atoms with Gasteiger partial charge in [-0.05, 0) is 31.5 Å². The van der Waals surface area contributed by atoms with Gasteiger partial charge in [0.2, 0.25) is 5.91 Å². The SMILES string of the molecule is CCOC(=O)C1(C(=O)OCC)[C@H](c2cccc(OC)c2)[C@@H]1C(=O)N1CCOC1=O. The molecule has 1 aliphatic heterocycles. The maximum atomic E-state index is 13.2. The molecular weight excluding hydrogens is 382 g/mol. The van der Waals surface area contributed by atoms with Crippen LogP contribution in [0, 0.1) is 11.3 Å². The number of hydrogen-bond acceptors (Lipinski definition) is 8. The van der Waals surface area contributed by atoms with Gasteiger partial charge in [-0.2, -0.15) is 0 Å². The first kappa shape index (κ1) is 20.6. The topological polar surface area (TPSA) is 108 Å². The van der Waals surface area contributed by atoms with Gasteiger partial charge in [0.05, 0.1) is 32.8 Å². The molecule has 2 fully saturated rings. The van der Waals surface area contributed by atoms with Gasteiger partial charge in [-0.3, -0.25) is 14.4 Å². The second-order valence-electron chi connectivity index (χ2n) is 6.65. The molecule has 9 heteroatoms. The molecule has 0 aromatic heterocycles. The van der Waals surface area contributed by atoms with E-state index in [0.29, 0.717) is 11.3 Å². The Labute approximate surface area is 167 Å². The highest BCUT2D eigenvalue weighted by molar-refractivity contribution is 6.13. The van der Waals surface area contributed by atoms with Crippen LogP contribution in [-0.4, -0.2) is 62.3 Å². The van der Waals surface area contributed by atoms with Gasteiger partial charge in [-0.1, -0.05) is 12.1 Å². The molecule has 1 saturated heterocycles. The Balaban J connectivity index is 2.09.